The molecule has 1 aliphatic heterocycles. The zero-order valence-corrected chi connectivity index (χ0v) is 13.8. The van der Waals surface area contributed by atoms with E-state index in [0.717, 1.165) is 19.3 Å². The number of hydrogen-bond donors (Lipinski definition) is 2. The molecular weight excluding hydrogens is 296 g/mol. The lowest BCUT2D eigenvalue weighted by Crippen LogP contribution is -2.44. The number of nitrogens with zero attached hydrogens (tertiary/aromatic N) is 1. The Morgan fingerprint density at radius 1 is 1.00 bits per heavy atom. The van der Waals surface area contributed by atoms with Crippen molar-refractivity contribution in [3.8, 4) is 0 Å². The molecule has 130 valence electrons. The Kier molecular flexibility index (Phi) is 6.86. The third-order valence-corrected chi connectivity index (χ3v) is 5.12. The summed E-state index contributed by atoms with van der Waals surface area (Å²) >= 11 is 0. The first kappa shape index (κ1) is 17.8. The smallest absolute Gasteiger partial charge is 0.303 e. The van der Waals surface area contributed by atoms with E-state index in [1.54, 1.807) is 4.90 Å². The van der Waals surface area contributed by atoms with Gasteiger partial charge in [-0.1, -0.05) is 25.7 Å². The Morgan fingerprint density at radius 3 is 2.26 bits per heavy atom. The van der Waals surface area contributed by atoms with Crippen molar-refractivity contribution in [3.05, 3.63) is 0 Å². The Morgan fingerprint density at radius 2 is 1.65 bits per heavy atom. The largest absolute Gasteiger partial charge is 0.481 e. The normalized spacial score (nSPS) is 19.7. The molecule has 0 aromatic rings. The van der Waals surface area contributed by atoms with Crippen LogP contribution >= 0.6 is 0 Å². The van der Waals surface area contributed by atoms with Gasteiger partial charge in [0.25, 0.3) is 0 Å². The molecule has 0 atom stereocenters. The maximum atomic E-state index is 12.1. The number of amides is 2. The van der Waals surface area contributed by atoms with Gasteiger partial charge in [-0.05, 0) is 31.1 Å². The fourth-order valence-electron chi connectivity index (χ4n) is 3.64. The number of carboxylic acids is 1. The Hall–Kier alpha value is -1.59. The molecule has 1 saturated carbocycles. The second kappa shape index (κ2) is 8.89. The van der Waals surface area contributed by atoms with Crippen molar-refractivity contribution in [2.45, 2.75) is 57.8 Å². The highest BCUT2D eigenvalue weighted by atomic mass is 16.4. The first-order valence-corrected chi connectivity index (χ1v) is 8.81. The van der Waals surface area contributed by atoms with E-state index in [1.165, 1.54) is 25.7 Å². The maximum Gasteiger partial charge on any atom is 0.303 e. The lowest BCUT2D eigenvalue weighted by atomic mass is 9.93. The zero-order chi connectivity index (χ0) is 16.7. The van der Waals surface area contributed by atoms with Crippen LogP contribution < -0.4 is 5.32 Å². The summed E-state index contributed by atoms with van der Waals surface area (Å²) in [5.41, 5.74) is 0. The average Bonchev–Trinajstić information content (AvgIpc) is 3.04. The highest BCUT2D eigenvalue weighted by molar-refractivity contribution is 5.84. The van der Waals surface area contributed by atoms with E-state index in [2.05, 4.69) is 5.32 Å². The molecule has 6 heteroatoms. The van der Waals surface area contributed by atoms with Crippen molar-refractivity contribution in [1.29, 1.82) is 0 Å². The van der Waals surface area contributed by atoms with E-state index in [9.17, 15) is 14.4 Å². The van der Waals surface area contributed by atoms with Crippen LogP contribution in [0.2, 0.25) is 0 Å². The monoisotopic (exact) mass is 324 g/mol. The third kappa shape index (κ3) is 6.20. The number of rotatable bonds is 7. The minimum Gasteiger partial charge on any atom is -0.481 e. The minimum absolute atomic E-state index is 0.0361. The fraction of sp³-hybridized carbons (Fsp3) is 0.824. The van der Waals surface area contributed by atoms with Gasteiger partial charge in [-0.25, -0.2) is 0 Å². The van der Waals surface area contributed by atoms with Gasteiger partial charge in [0.2, 0.25) is 11.8 Å². The zero-order valence-electron chi connectivity index (χ0n) is 13.8. The quantitative estimate of drug-likeness (QED) is 0.747. The SMILES string of the molecule is O=C(O)CC1CCN(C(=O)CNC(=O)CCC2CCCC2)CC1. The second-order valence-electron chi connectivity index (χ2n) is 6.89. The van der Waals surface area contributed by atoms with Crippen LogP contribution in [0.25, 0.3) is 0 Å². The first-order chi connectivity index (χ1) is 11.0. The molecule has 6 nitrogen and oxygen atoms in total. The molecule has 2 N–H and O–H groups in total. The molecule has 0 radical (unpaired) electrons. The van der Waals surface area contributed by atoms with E-state index < -0.39 is 5.97 Å². The Bertz CT molecular complexity index is 424. The van der Waals surface area contributed by atoms with Crippen molar-refractivity contribution >= 4 is 17.8 Å². The molecule has 1 aliphatic carbocycles. The summed E-state index contributed by atoms with van der Waals surface area (Å²) in [7, 11) is 0. The molecule has 23 heavy (non-hydrogen) atoms. The third-order valence-electron chi connectivity index (χ3n) is 5.12. The molecule has 1 saturated heterocycles. The number of carbonyl (C=O) groups excluding carboxylic acids is 2. The van der Waals surface area contributed by atoms with E-state index in [1.807, 2.05) is 0 Å². The van der Waals surface area contributed by atoms with Gasteiger partial charge in [-0.3, -0.25) is 14.4 Å². The van der Waals surface area contributed by atoms with Crippen molar-refractivity contribution in [2.24, 2.45) is 11.8 Å². The number of hydrogen-bond acceptors (Lipinski definition) is 3. The van der Waals surface area contributed by atoms with Gasteiger partial charge in [0.15, 0.2) is 0 Å². The van der Waals surface area contributed by atoms with Crippen LogP contribution in [-0.2, 0) is 14.4 Å². The van der Waals surface area contributed by atoms with Crippen LogP contribution in [0.5, 0.6) is 0 Å². The summed E-state index contributed by atoms with van der Waals surface area (Å²) in [4.78, 5) is 36.3. The van der Waals surface area contributed by atoms with Gasteiger partial charge in [0.1, 0.15) is 0 Å². The van der Waals surface area contributed by atoms with Gasteiger partial charge in [-0.15, -0.1) is 0 Å². The summed E-state index contributed by atoms with van der Waals surface area (Å²) in [6, 6.07) is 0. The van der Waals surface area contributed by atoms with Gasteiger partial charge in [0.05, 0.1) is 6.54 Å². The van der Waals surface area contributed by atoms with Gasteiger partial charge < -0.3 is 15.3 Å². The molecule has 2 rings (SSSR count). The molecule has 2 aliphatic rings. The van der Waals surface area contributed by atoms with Crippen molar-refractivity contribution in [1.82, 2.24) is 10.2 Å². The molecule has 0 bridgehead atoms. The average molecular weight is 324 g/mol. The fourth-order valence-corrected chi connectivity index (χ4v) is 3.64. The van der Waals surface area contributed by atoms with Crippen LogP contribution in [0.3, 0.4) is 0 Å². The first-order valence-electron chi connectivity index (χ1n) is 8.81. The molecule has 2 fully saturated rings. The minimum atomic E-state index is -0.774. The van der Waals surface area contributed by atoms with Gasteiger partial charge in [0, 0.05) is 25.9 Å². The number of carboxylic acid groups (broad SMARTS) is 1. The standard InChI is InChI=1S/C17H28N2O4/c20-15(6-5-13-3-1-2-4-13)18-12-16(21)19-9-7-14(8-10-19)11-17(22)23/h13-14H,1-12H2,(H,18,20)(H,22,23). The van der Waals surface area contributed by atoms with Crippen molar-refractivity contribution in [3.63, 3.8) is 0 Å². The number of carbonyl (C=O) groups is 3. The number of aliphatic carboxylic acids is 1. The molecular formula is C17H28N2O4. The predicted octanol–water partition coefficient (Wildman–Crippen LogP) is 1.79. The molecule has 1 heterocycles. The highest BCUT2D eigenvalue weighted by Crippen LogP contribution is 2.28. The van der Waals surface area contributed by atoms with Gasteiger partial charge in [-0.2, -0.15) is 0 Å². The summed E-state index contributed by atoms with van der Waals surface area (Å²) in [6.45, 7) is 1.25. The second-order valence-corrected chi connectivity index (χ2v) is 6.89. The van der Waals surface area contributed by atoms with Gasteiger partial charge >= 0.3 is 5.97 Å². The number of nitrogens with one attached hydrogen (secondary N) is 1. The summed E-state index contributed by atoms with van der Waals surface area (Å²) < 4.78 is 0. The predicted molar refractivity (Wildman–Crippen MR) is 85.8 cm³/mol. The molecule has 0 aromatic carbocycles. The Labute approximate surface area is 137 Å². The highest BCUT2D eigenvalue weighted by Gasteiger charge is 2.24. The van der Waals surface area contributed by atoms with E-state index >= 15 is 0 Å². The van der Waals surface area contributed by atoms with Crippen LogP contribution in [0.4, 0.5) is 0 Å². The van der Waals surface area contributed by atoms with Crippen LogP contribution in [0, 0.1) is 11.8 Å². The van der Waals surface area contributed by atoms with E-state index in [0.29, 0.717) is 25.4 Å². The maximum absolute atomic E-state index is 12.1. The number of likely N-dealkylation sites (tertiary alicyclic amines) is 1. The molecule has 0 spiro atoms. The van der Waals surface area contributed by atoms with E-state index in [4.69, 9.17) is 5.11 Å². The van der Waals surface area contributed by atoms with Crippen molar-refractivity contribution in [2.75, 3.05) is 19.6 Å². The molecule has 0 unspecified atom stereocenters. The molecule has 2 amide bonds. The van der Waals surface area contributed by atoms with Crippen LogP contribution in [-0.4, -0.2) is 47.4 Å². The Balaban J connectivity index is 1.59. The van der Waals surface area contributed by atoms with Crippen LogP contribution in [0.1, 0.15) is 57.8 Å². The lowest BCUT2D eigenvalue weighted by Gasteiger charge is -2.31. The summed E-state index contributed by atoms with van der Waals surface area (Å²) in [6.07, 6.45) is 8.11. The van der Waals surface area contributed by atoms with E-state index in [-0.39, 0.29) is 30.7 Å². The summed E-state index contributed by atoms with van der Waals surface area (Å²) in [5, 5.41) is 11.5. The number of piperidine rings is 1. The topological polar surface area (TPSA) is 86.7 Å². The van der Waals surface area contributed by atoms with Crippen molar-refractivity contribution < 1.29 is 19.5 Å². The van der Waals surface area contributed by atoms with Crippen LogP contribution in [0.15, 0.2) is 0 Å². The molecule has 0 aromatic heterocycles. The lowest BCUT2D eigenvalue weighted by molar-refractivity contribution is -0.139. The summed E-state index contributed by atoms with van der Waals surface area (Å²) in [5.74, 6) is -0.0226.